The fourth-order valence-electron chi connectivity index (χ4n) is 12.9. The number of halogens is 2. The van der Waals surface area contributed by atoms with Gasteiger partial charge in [-0.2, -0.15) is 41.4 Å². The van der Waals surface area contributed by atoms with Gasteiger partial charge in [-0.15, -0.1) is 0 Å². The summed E-state index contributed by atoms with van der Waals surface area (Å²) >= 11 is 6.73. The first kappa shape index (κ1) is 89.4. The molecule has 4 aliphatic heterocycles. The number of aromatic nitrogens is 12. The van der Waals surface area contributed by atoms with E-state index < -0.39 is 74.5 Å². The monoisotopic (exact) mass is 1770 g/mol. The smallest absolute Gasteiger partial charge is 0.465 e. The average molecular weight is 1780 g/mol. The molecule has 0 atom stereocenters. The summed E-state index contributed by atoms with van der Waals surface area (Å²) in [5, 5.41) is 56.3. The van der Waals surface area contributed by atoms with Crippen molar-refractivity contribution in [2.24, 2.45) is 0 Å². The van der Waals surface area contributed by atoms with E-state index in [4.69, 9.17) is 72.0 Å². The molecule has 0 N–H and O–H groups in total. The van der Waals surface area contributed by atoms with Crippen LogP contribution in [-0.2, 0) is 56.2 Å². The first-order chi connectivity index (χ1) is 57.4. The normalized spacial score (nSPS) is 16.9. The van der Waals surface area contributed by atoms with Crippen molar-refractivity contribution in [1.82, 2.24) is 59.1 Å². The van der Waals surface area contributed by atoms with Crippen molar-refractivity contribution in [3.05, 3.63) is 200 Å². The fourth-order valence-corrected chi connectivity index (χ4v) is 13.7. The zero-order valence-electron chi connectivity index (χ0n) is 70.6. The average Bonchev–Trinajstić information content (AvgIpc) is 1.60. The lowest BCUT2D eigenvalue weighted by Gasteiger charge is -2.32. The topological polar surface area (TPSA) is 397 Å². The Bertz CT molecular complexity index is 6150. The van der Waals surface area contributed by atoms with E-state index in [-0.39, 0.29) is 33.8 Å². The zero-order valence-corrected chi connectivity index (χ0v) is 73.8. The second kappa shape index (κ2) is 34.5. The first-order valence-electron chi connectivity index (χ1n) is 38.1. The molecule has 12 heterocycles. The van der Waals surface area contributed by atoms with Gasteiger partial charge >= 0.3 is 52.1 Å². The van der Waals surface area contributed by atoms with Crippen LogP contribution in [0.2, 0.25) is 0 Å². The Morgan fingerprint density at radius 2 is 0.639 bits per heavy atom. The molecular weight excluding hydrogens is 1690 g/mol. The Labute approximate surface area is 721 Å². The lowest BCUT2D eigenvalue weighted by atomic mass is 9.49. The molecule has 122 heavy (non-hydrogen) atoms. The molecule has 0 saturated carbocycles. The molecule has 0 spiro atoms. The SMILES string of the molecule is CC1(C)OB(B2OC(C)(C)C(C)(C)O2)OC1(C)C.COC(=O)c1cc(B2OC(C)(C)C(C)(C)O2)cc2c1cnn2-c1cccc(C#N)n1.COC(=O)c1cc(B2OC(C)(C)C(C)(C)O2)cc2nn(-c3cccc(C#N)n3)cc12.COC(=O)c1cc(Br)cc2c1cnn2-c1cccc(C#N)n1.COC(=O)c1cc(Br)cc2nn(-c3cccc(C#N)n3)cc12. The molecule has 4 fully saturated rings. The predicted octanol–water partition coefficient (Wildman–Crippen LogP) is 12.7. The molecular formula is C84H84B4Br2N16O16. The van der Waals surface area contributed by atoms with Crippen LogP contribution in [0.1, 0.15) is 175 Å². The Morgan fingerprint density at radius 1 is 0.361 bits per heavy atom. The number of hydrogen-bond acceptors (Lipinski definition) is 28. The number of rotatable bonds is 11. The number of carbonyl (C=O) groups excluding carboxylic acids is 4. The number of pyridine rings is 4. The number of fused-ring (bicyclic) bond motifs is 4. The van der Waals surface area contributed by atoms with Gasteiger partial charge in [0.2, 0.25) is 0 Å². The number of methoxy groups -OCH3 is 4. The highest BCUT2D eigenvalue weighted by Gasteiger charge is 2.64. The quantitative estimate of drug-likeness (QED) is 0.0659. The van der Waals surface area contributed by atoms with Gasteiger partial charge in [-0.25, -0.2) is 57.8 Å². The van der Waals surface area contributed by atoms with Gasteiger partial charge < -0.3 is 56.2 Å². The van der Waals surface area contributed by atoms with E-state index in [9.17, 15) is 24.4 Å². The molecule has 4 saturated heterocycles. The molecule has 32 nitrogen and oxygen atoms in total. The second-order valence-corrected chi connectivity index (χ2v) is 34.2. The van der Waals surface area contributed by atoms with Crippen molar-refractivity contribution < 1.29 is 75.4 Å². The van der Waals surface area contributed by atoms with E-state index in [0.717, 1.165) is 8.95 Å². The van der Waals surface area contributed by atoms with Crippen LogP contribution in [0.4, 0.5) is 0 Å². The molecule has 622 valence electrons. The van der Waals surface area contributed by atoms with Crippen molar-refractivity contribution in [3.63, 3.8) is 0 Å². The molecule has 16 rings (SSSR count). The summed E-state index contributed by atoms with van der Waals surface area (Å²) in [5.41, 5.74) is 2.98. The molecule has 0 amide bonds. The van der Waals surface area contributed by atoms with Gasteiger partial charge in [-0.1, -0.05) is 56.1 Å². The van der Waals surface area contributed by atoms with Crippen LogP contribution < -0.4 is 10.9 Å². The van der Waals surface area contributed by atoms with Crippen molar-refractivity contribution >= 4 is 139 Å². The molecule has 12 aromatic rings. The van der Waals surface area contributed by atoms with Gasteiger partial charge in [0.25, 0.3) is 0 Å². The number of nitriles is 4. The van der Waals surface area contributed by atoms with Crippen LogP contribution in [-0.4, -0.2) is 184 Å². The summed E-state index contributed by atoms with van der Waals surface area (Å²) in [6.45, 7) is 31.9. The fraction of sp³-hybridized carbons (Fsp3) is 0.333. The van der Waals surface area contributed by atoms with E-state index in [1.807, 2.05) is 153 Å². The molecule has 38 heteroatoms. The highest BCUT2D eigenvalue weighted by molar-refractivity contribution is 9.10. The summed E-state index contributed by atoms with van der Waals surface area (Å²) in [6.07, 6.45) is 6.54. The van der Waals surface area contributed by atoms with Gasteiger partial charge in [-0.3, -0.25) is 0 Å². The Morgan fingerprint density at radius 3 is 0.984 bits per heavy atom. The first-order valence-corrected chi connectivity index (χ1v) is 39.7. The highest BCUT2D eigenvalue weighted by atomic mass is 79.9. The zero-order chi connectivity index (χ0) is 88.7. The van der Waals surface area contributed by atoms with Crippen LogP contribution in [0.3, 0.4) is 0 Å². The number of hydrogen-bond donors (Lipinski definition) is 0. The van der Waals surface area contributed by atoms with Gasteiger partial charge in [0.1, 0.15) is 47.1 Å². The molecule has 0 unspecified atom stereocenters. The summed E-state index contributed by atoms with van der Waals surface area (Å²) in [7, 11) is 3.06. The lowest BCUT2D eigenvalue weighted by Crippen LogP contribution is -2.41. The largest absolute Gasteiger partial charge is 0.494 e. The maximum atomic E-state index is 12.5. The molecule has 0 radical (unpaired) electrons. The van der Waals surface area contributed by atoms with Gasteiger partial charge in [0, 0.05) is 42.9 Å². The number of nitrogens with zero attached hydrogens (tertiary/aromatic N) is 16. The minimum Gasteiger partial charge on any atom is -0.465 e. The minimum atomic E-state index is -0.662. The second-order valence-electron chi connectivity index (χ2n) is 32.4. The van der Waals surface area contributed by atoms with Crippen molar-refractivity contribution in [2.45, 2.75) is 156 Å². The maximum absolute atomic E-state index is 12.5. The van der Waals surface area contributed by atoms with Crippen LogP contribution in [0, 0.1) is 45.3 Å². The summed E-state index contributed by atoms with van der Waals surface area (Å²) in [5.74, 6) is 0.0804. The Balaban J connectivity index is 0.000000141. The van der Waals surface area contributed by atoms with Crippen LogP contribution >= 0.6 is 31.9 Å². The summed E-state index contributed by atoms with van der Waals surface area (Å²) < 4.78 is 75.7. The molecule has 0 bridgehead atoms. The number of esters is 4. The third-order valence-electron chi connectivity index (χ3n) is 22.3. The van der Waals surface area contributed by atoms with Gasteiger partial charge in [0.05, 0.1) is 130 Å². The number of carbonyl (C=O) groups is 4. The van der Waals surface area contributed by atoms with E-state index >= 15 is 0 Å². The molecule has 4 aromatic carbocycles. The molecule has 0 aliphatic carbocycles. The van der Waals surface area contributed by atoms with Gasteiger partial charge in [0.15, 0.2) is 23.3 Å². The van der Waals surface area contributed by atoms with E-state index in [1.165, 1.54) is 37.8 Å². The van der Waals surface area contributed by atoms with Crippen molar-refractivity contribution in [1.29, 1.82) is 21.0 Å². The number of ether oxygens (including phenoxy) is 4. The van der Waals surface area contributed by atoms with Crippen molar-refractivity contribution in [3.8, 4) is 47.5 Å². The third kappa shape index (κ3) is 18.0. The molecule has 4 aliphatic rings. The van der Waals surface area contributed by atoms with E-state index in [1.54, 1.807) is 137 Å². The standard InChI is InChI=1S/2C21H21BN4O4.2C15H9BrN4O2.C12H24B2O4/c1-20(2)21(3,4)30-22(29-20)13-9-15(19(27)28-5)16-12-26(25-17(16)10-13)18-8-6-7-14(11-23)24-18;1-20(2)21(3,4)30-22(29-20)13-9-15(19(27)28-5)16-12-24-26(17(16)10-13)18-8-6-7-14(11-23)25-18;1-22-15(21)11-5-9(16)6-13-12(11)8-20(19-13)14-4-2-3-10(7-17)18-14;1-22-15(21)11-5-9(16)6-13-12(11)8-18-20(13)14-4-2-3-10(7-17)19-14;1-9(2)10(3,4)16-13(15-9)14-17-11(5,6)12(7,8)18-14/h2*6-10,12H,1-5H3;2*2-6,8H,1H3;1-8H3. The molecule has 8 aromatic heterocycles. The van der Waals surface area contributed by atoms with Crippen LogP contribution in [0.25, 0.3) is 66.9 Å². The van der Waals surface area contributed by atoms with Crippen LogP contribution in [0.15, 0.2) is 155 Å². The van der Waals surface area contributed by atoms with Crippen LogP contribution in [0.5, 0.6) is 0 Å². The third-order valence-corrected chi connectivity index (χ3v) is 23.3. The summed E-state index contributed by atoms with van der Waals surface area (Å²) in [4.78, 5) is 65.7. The summed E-state index contributed by atoms with van der Waals surface area (Å²) in [6, 6.07) is 42.4. The van der Waals surface area contributed by atoms with E-state index in [2.05, 4.69) is 72.2 Å². The Hall–Kier alpha value is -11.9. The van der Waals surface area contributed by atoms with E-state index in [0.29, 0.717) is 111 Å². The van der Waals surface area contributed by atoms with Crippen molar-refractivity contribution in [2.75, 3.05) is 28.4 Å². The lowest BCUT2D eigenvalue weighted by molar-refractivity contribution is 0.00578. The highest BCUT2D eigenvalue weighted by Crippen LogP contribution is 2.44. The Kier molecular flexibility index (Phi) is 25.3. The van der Waals surface area contributed by atoms with Gasteiger partial charge in [-0.05, 0) is 219 Å². The minimum absolute atomic E-state index is 0.270. The maximum Gasteiger partial charge on any atom is 0.494 e. The predicted molar refractivity (Wildman–Crippen MR) is 459 cm³/mol. The number of benzene rings is 4.